The number of nitrogens with zero attached hydrogens (tertiary/aromatic N) is 5. The lowest BCUT2D eigenvalue weighted by atomic mass is 10.2. The lowest BCUT2D eigenvalue weighted by Gasteiger charge is -2.34. The molecule has 10 heteroatoms. The van der Waals surface area contributed by atoms with Crippen LogP contribution in [-0.4, -0.2) is 73.3 Å². The highest BCUT2D eigenvalue weighted by Gasteiger charge is 2.31. The average Bonchev–Trinajstić information content (AvgIpc) is 3.23. The van der Waals surface area contributed by atoms with Gasteiger partial charge in [0.05, 0.1) is 12.2 Å². The van der Waals surface area contributed by atoms with Gasteiger partial charge in [0.15, 0.2) is 10.8 Å². The first-order valence-electron chi connectivity index (χ1n) is 8.16. The first kappa shape index (κ1) is 16.1. The lowest BCUT2D eigenvalue weighted by molar-refractivity contribution is -0.138. The summed E-state index contributed by atoms with van der Waals surface area (Å²) in [5, 5.41) is 7.65. The van der Waals surface area contributed by atoms with Crippen LogP contribution >= 0.6 is 11.8 Å². The summed E-state index contributed by atoms with van der Waals surface area (Å²) in [4.78, 5) is 44.6. The van der Waals surface area contributed by atoms with Crippen LogP contribution in [0.2, 0.25) is 0 Å². The molecule has 2 aromatic rings. The molecule has 9 nitrogen and oxygen atoms in total. The Kier molecular flexibility index (Phi) is 3.98. The van der Waals surface area contributed by atoms with Gasteiger partial charge in [0.2, 0.25) is 11.8 Å². The second-order valence-electron chi connectivity index (χ2n) is 6.26. The highest BCUT2D eigenvalue weighted by atomic mass is 32.2. The number of hydrogen-bond donors (Lipinski definition) is 1. The van der Waals surface area contributed by atoms with E-state index < -0.39 is 0 Å². The molecule has 2 aromatic heterocycles. The number of fused-ring (bicyclic) bond motifs is 2. The second-order valence-corrected chi connectivity index (χ2v) is 7.24. The molecule has 0 aliphatic carbocycles. The SMILES string of the molecule is CC(=O)N1CCN(C(=O)CC2CSc3nc4[nH]ncc4c(=O)n32)CC1. The second kappa shape index (κ2) is 6.17. The molecule has 2 aliphatic heterocycles. The minimum atomic E-state index is -0.197. The van der Waals surface area contributed by atoms with Crippen molar-refractivity contribution in [1.82, 2.24) is 29.5 Å². The average molecular weight is 362 g/mol. The fourth-order valence-electron chi connectivity index (χ4n) is 3.31. The lowest BCUT2D eigenvalue weighted by Crippen LogP contribution is -2.50. The molecule has 1 saturated heterocycles. The molecule has 4 rings (SSSR count). The number of amides is 2. The van der Waals surface area contributed by atoms with E-state index >= 15 is 0 Å². The van der Waals surface area contributed by atoms with Crippen LogP contribution in [0.15, 0.2) is 16.1 Å². The van der Waals surface area contributed by atoms with E-state index in [4.69, 9.17) is 0 Å². The Morgan fingerprint density at radius 2 is 2.00 bits per heavy atom. The van der Waals surface area contributed by atoms with Gasteiger partial charge in [-0.2, -0.15) is 5.10 Å². The number of rotatable bonds is 2. The van der Waals surface area contributed by atoms with Gasteiger partial charge in [-0.15, -0.1) is 0 Å². The zero-order valence-electron chi connectivity index (χ0n) is 13.8. The molecule has 0 aromatic carbocycles. The van der Waals surface area contributed by atoms with E-state index in [2.05, 4.69) is 15.2 Å². The monoisotopic (exact) mass is 362 g/mol. The van der Waals surface area contributed by atoms with Crippen LogP contribution in [0.4, 0.5) is 0 Å². The van der Waals surface area contributed by atoms with E-state index in [0.29, 0.717) is 48.1 Å². The third-order valence-corrected chi connectivity index (χ3v) is 5.84. The smallest absolute Gasteiger partial charge is 0.265 e. The highest BCUT2D eigenvalue weighted by Crippen LogP contribution is 2.33. The van der Waals surface area contributed by atoms with Crippen LogP contribution in [0.25, 0.3) is 11.0 Å². The van der Waals surface area contributed by atoms with Crippen LogP contribution in [-0.2, 0) is 9.59 Å². The summed E-state index contributed by atoms with van der Waals surface area (Å²) in [5.41, 5.74) is 0.328. The third-order valence-electron chi connectivity index (χ3n) is 4.74. The van der Waals surface area contributed by atoms with Gasteiger partial charge in [-0.25, -0.2) is 4.98 Å². The van der Waals surface area contributed by atoms with Crippen molar-refractivity contribution in [3.63, 3.8) is 0 Å². The molecular formula is C15H18N6O3S. The molecule has 1 unspecified atom stereocenters. The molecule has 132 valence electrons. The summed E-state index contributed by atoms with van der Waals surface area (Å²) in [6.07, 6.45) is 1.74. The Hall–Kier alpha value is -2.36. The molecule has 25 heavy (non-hydrogen) atoms. The predicted octanol–water partition coefficient (Wildman–Crippen LogP) is -0.153. The van der Waals surface area contributed by atoms with Gasteiger partial charge in [0, 0.05) is 45.3 Å². The van der Waals surface area contributed by atoms with Crippen molar-refractivity contribution in [2.75, 3.05) is 31.9 Å². The van der Waals surface area contributed by atoms with Gasteiger partial charge in [0.25, 0.3) is 5.56 Å². The third kappa shape index (κ3) is 2.80. The minimum absolute atomic E-state index is 0.0147. The minimum Gasteiger partial charge on any atom is -0.339 e. The number of thioether (sulfide) groups is 1. The largest absolute Gasteiger partial charge is 0.339 e. The van der Waals surface area contributed by atoms with Crippen molar-refractivity contribution >= 4 is 34.6 Å². The predicted molar refractivity (Wildman–Crippen MR) is 91.4 cm³/mol. The van der Waals surface area contributed by atoms with Crippen molar-refractivity contribution < 1.29 is 9.59 Å². The van der Waals surface area contributed by atoms with Crippen molar-refractivity contribution in [3.05, 3.63) is 16.6 Å². The van der Waals surface area contributed by atoms with Gasteiger partial charge >= 0.3 is 0 Å². The number of piperazine rings is 1. The zero-order valence-corrected chi connectivity index (χ0v) is 14.6. The number of carbonyl (C=O) groups is 2. The topological polar surface area (TPSA) is 104 Å². The van der Waals surface area contributed by atoms with Crippen molar-refractivity contribution in [2.24, 2.45) is 0 Å². The van der Waals surface area contributed by atoms with Crippen molar-refractivity contribution in [1.29, 1.82) is 0 Å². The first-order valence-corrected chi connectivity index (χ1v) is 9.15. The number of aromatic nitrogens is 4. The summed E-state index contributed by atoms with van der Waals surface area (Å²) in [6.45, 7) is 3.75. The molecule has 0 saturated carbocycles. The maximum Gasteiger partial charge on any atom is 0.265 e. The van der Waals surface area contributed by atoms with Crippen LogP contribution < -0.4 is 5.56 Å². The molecule has 2 amide bonds. The van der Waals surface area contributed by atoms with E-state index in [0.717, 1.165) is 0 Å². The van der Waals surface area contributed by atoms with Crippen LogP contribution in [0.3, 0.4) is 0 Å². The molecule has 1 N–H and O–H groups in total. The molecule has 1 fully saturated rings. The molecule has 0 spiro atoms. The quantitative estimate of drug-likeness (QED) is 0.745. The highest BCUT2D eigenvalue weighted by molar-refractivity contribution is 7.99. The molecule has 2 aliphatic rings. The molecule has 4 heterocycles. The summed E-state index contributed by atoms with van der Waals surface area (Å²) in [7, 11) is 0. The zero-order chi connectivity index (χ0) is 17.6. The number of carbonyl (C=O) groups excluding carboxylic acids is 2. The van der Waals surface area contributed by atoms with Gasteiger partial charge < -0.3 is 9.80 Å². The van der Waals surface area contributed by atoms with Gasteiger partial charge in [-0.05, 0) is 0 Å². The number of aromatic amines is 1. The maximum atomic E-state index is 12.6. The Bertz CT molecular complexity index is 898. The van der Waals surface area contributed by atoms with E-state index in [1.165, 1.54) is 18.0 Å². The Morgan fingerprint density at radius 3 is 2.72 bits per heavy atom. The first-order chi connectivity index (χ1) is 12.0. The number of nitrogens with one attached hydrogen (secondary N) is 1. The van der Waals surface area contributed by atoms with E-state index in [1.807, 2.05) is 0 Å². The van der Waals surface area contributed by atoms with E-state index in [9.17, 15) is 14.4 Å². The van der Waals surface area contributed by atoms with Crippen LogP contribution in [0.5, 0.6) is 0 Å². The Morgan fingerprint density at radius 1 is 1.28 bits per heavy atom. The fourth-order valence-corrected chi connectivity index (χ4v) is 4.44. The van der Waals surface area contributed by atoms with E-state index in [1.54, 1.807) is 21.3 Å². The molecule has 0 bridgehead atoms. The van der Waals surface area contributed by atoms with Crippen molar-refractivity contribution in [3.8, 4) is 0 Å². The molecular weight excluding hydrogens is 344 g/mol. The van der Waals surface area contributed by atoms with Gasteiger partial charge in [-0.3, -0.25) is 24.0 Å². The normalized spacial score (nSPS) is 20.1. The molecule has 0 radical (unpaired) electrons. The number of hydrogen-bond acceptors (Lipinski definition) is 6. The fraction of sp³-hybridized carbons (Fsp3) is 0.533. The van der Waals surface area contributed by atoms with Gasteiger partial charge in [0.1, 0.15) is 5.39 Å². The Balaban J connectivity index is 1.49. The standard InChI is InChI=1S/C15H18N6O3S/c1-9(22)19-2-4-20(5-3-19)12(23)6-10-8-25-15-17-13-11(7-16-18-13)14(24)21(10)15/h7,10H,2-6,8H2,1H3,(H,16,18). The maximum absolute atomic E-state index is 12.6. The Labute approximate surface area is 147 Å². The van der Waals surface area contributed by atoms with E-state index in [-0.39, 0.29) is 29.8 Å². The van der Waals surface area contributed by atoms with Crippen LogP contribution in [0.1, 0.15) is 19.4 Å². The molecule has 1 atom stereocenters. The summed E-state index contributed by atoms with van der Waals surface area (Å²) in [5.74, 6) is 0.706. The van der Waals surface area contributed by atoms with Crippen molar-refractivity contribution in [2.45, 2.75) is 24.5 Å². The summed E-state index contributed by atoms with van der Waals surface area (Å²) in [6, 6.07) is -0.197. The summed E-state index contributed by atoms with van der Waals surface area (Å²) < 4.78 is 1.62. The number of H-pyrrole nitrogens is 1. The summed E-state index contributed by atoms with van der Waals surface area (Å²) >= 11 is 1.48. The van der Waals surface area contributed by atoms with Gasteiger partial charge in [-0.1, -0.05) is 11.8 Å². The van der Waals surface area contributed by atoms with Crippen LogP contribution in [0, 0.1) is 0 Å².